The van der Waals surface area contributed by atoms with E-state index in [0.29, 0.717) is 6.04 Å². The van der Waals surface area contributed by atoms with E-state index in [1.807, 2.05) is 12.1 Å². The van der Waals surface area contributed by atoms with Gasteiger partial charge in [0, 0.05) is 18.3 Å². The molecule has 3 heteroatoms. The summed E-state index contributed by atoms with van der Waals surface area (Å²) in [6, 6.07) is 5.20. The van der Waals surface area contributed by atoms with Gasteiger partial charge in [-0.1, -0.05) is 19.8 Å². The first-order chi connectivity index (χ1) is 8.81. The molecule has 1 saturated heterocycles. The van der Waals surface area contributed by atoms with Crippen LogP contribution in [0.4, 0.5) is 0 Å². The second-order valence-corrected chi connectivity index (χ2v) is 5.19. The van der Waals surface area contributed by atoms with Gasteiger partial charge in [0.15, 0.2) is 0 Å². The van der Waals surface area contributed by atoms with E-state index in [4.69, 9.17) is 4.74 Å². The van der Waals surface area contributed by atoms with Crippen LogP contribution in [0.1, 0.15) is 39.0 Å². The molecule has 3 nitrogen and oxygen atoms in total. The Balaban J connectivity index is 1.77. The van der Waals surface area contributed by atoms with Crippen LogP contribution in [0, 0.1) is 0 Å². The summed E-state index contributed by atoms with van der Waals surface area (Å²) in [5.74, 6) is 0.878. The predicted octanol–water partition coefficient (Wildman–Crippen LogP) is 3.11. The van der Waals surface area contributed by atoms with E-state index in [1.54, 1.807) is 12.4 Å². The quantitative estimate of drug-likeness (QED) is 0.773. The Morgan fingerprint density at radius 3 is 2.94 bits per heavy atom. The van der Waals surface area contributed by atoms with Crippen LogP contribution < -0.4 is 4.74 Å². The number of unbranched alkanes of at least 4 members (excludes halogenated alkanes) is 1. The third kappa shape index (κ3) is 3.45. The smallest absolute Gasteiger partial charge is 0.137 e. The van der Waals surface area contributed by atoms with Crippen LogP contribution in [0.2, 0.25) is 0 Å². The summed E-state index contributed by atoms with van der Waals surface area (Å²) < 4.78 is 5.81. The first-order valence-corrected chi connectivity index (χ1v) is 7.06. The molecule has 1 fully saturated rings. The summed E-state index contributed by atoms with van der Waals surface area (Å²) in [6.45, 7) is 3.04. The molecule has 100 valence electrons. The molecule has 1 aliphatic heterocycles. The molecule has 1 aliphatic rings. The number of rotatable bonds is 6. The number of aromatic nitrogens is 1. The Morgan fingerprint density at radius 2 is 2.22 bits per heavy atom. The van der Waals surface area contributed by atoms with E-state index in [1.165, 1.54) is 32.1 Å². The lowest BCUT2D eigenvalue weighted by Crippen LogP contribution is -2.36. The van der Waals surface area contributed by atoms with E-state index in [0.717, 1.165) is 18.4 Å². The van der Waals surface area contributed by atoms with Gasteiger partial charge in [-0.25, -0.2) is 0 Å². The second-order valence-electron chi connectivity index (χ2n) is 5.19. The largest absolute Gasteiger partial charge is 0.490 e. The lowest BCUT2D eigenvalue weighted by atomic mass is 10.1. The monoisotopic (exact) mass is 248 g/mol. The molecule has 0 radical (unpaired) electrons. The maximum atomic E-state index is 5.81. The highest BCUT2D eigenvalue weighted by atomic mass is 16.5. The van der Waals surface area contributed by atoms with Gasteiger partial charge < -0.3 is 4.74 Å². The fourth-order valence-corrected chi connectivity index (χ4v) is 2.70. The minimum absolute atomic E-state index is 0.562. The van der Waals surface area contributed by atoms with Crippen molar-refractivity contribution in [2.45, 2.75) is 51.1 Å². The van der Waals surface area contributed by atoms with Crippen molar-refractivity contribution in [3.63, 3.8) is 0 Å². The van der Waals surface area contributed by atoms with Gasteiger partial charge in [0.05, 0.1) is 6.20 Å². The fourth-order valence-electron chi connectivity index (χ4n) is 2.70. The average molecular weight is 248 g/mol. The van der Waals surface area contributed by atoms with E-state index in [9.17, 15) is 0 Å². The minimum Gasteiger partial charge on any atom is -0.490 e. The van der Waals surface area contributed by atoms with Crippen LogP contribution in [0.25, 0.3) is 0 Å². The standard InChI is InChI=1S/C15H24N2O/c1-3-4-6-13-8-9-14(17(13)2)12-18-15-7-5-10-16-11-15/h5,7,10-11,13-14H,3-4,6,8-9,12H2,1-2H3/t13-,14-/m0/s1. The molecular weight excluding hydrogens is 224 g/mol. The molecule has 2 rings (SSSR count). The predicted molar refractivity (Wildman–Crippen MR) is 73.8 cm³/mol. The van der Waals surface area contributed by atoms with E-state index in [2.05, 4.69) is 23.9 Å². The van der Waals surface area contributed by atoms with Crippen LogP contribution in [-0.2, 0) is 0 Å². The molecule has 2 atom stereocenters. The number of likely N-dealkylation sites (tertiary alicyclic amines) is 1. The van der Waals surface area contributed by atoms with Crippen LogP contribution >= 0.6 is 0 Å². The molecule has 2 heterocycles. The summed E-state index contributed by atoms with van der Waals surface area (Å²) in [5.41, 5.74) is 0. The van der Waals surface area contributed by atoms with Crippen molar-refractivity contribution in [2.75, 3.05) is 13.7 Å². The van der Waals surface area contributed by atoms with Gasteiger partial charge in [-0.2, -0.15) is 0 Å². The van der Waals surface area contributed by atoms with Gasteiger partial charge in [-0.3, -0.25) is 9.88 Å². The molecule has 0 bridgehead atoms. The molecule has 0 amide bonds. The second kappa shape index (κ2) is 6.74. The molecular formula is C15H24N2O. The van der Waals surface area contributed by atoms with E-state index >= 15 is 0 Å². The first kappa shape index (κ1) is 13.3. The Bertz CT molecular complexity index is 342. The topological polar surface area (TPSA) is 25.4 Å². The zero-order valence-electron chi connectivity index (χ0n) is 11.5. The third-order valence-corrected chi connectivity index (χ3v) is 3.95. The van der Waals surface area contributed by atoms with Crippen molar-refractivity contribution in [3.05, 3.63) is 24.5 Å². The van der Waals surface area contributed by atoms with Crippen molar-refractivity contribution in [3.8, 4) is 5.75 Å². The van der Waals surface area contributed by atoms with Gasteiger partial charge in [0.2, 0.25) is 0 Å². The summed E-state index contributed by atoms with van der Waals surface area (Å²) in [4.78, 5) is 6.57. The van der Waals surface area contributed by atoms with Gasteiger partial charge in [0.1, 0.15) is 12.4 Å². The molecule has 0 aliphatic carbocycles. The minimum atomic E-state index is 0.562. The number of nitrogens with zero attached hydrogens (tertiary/aromatic N) is 2. The molecule has 0 aromatic carbocycles. The zero-order valence-corrected chi connectivity index (χ0v) is 11.5. The molecule has 0 spiro atoms. The van der Waals surface area contributed by atoms with Crippen molar-refractivity contribution >= 4 is 0 Å². The number of likely N-dealkylation sites (N-methyl/N-ethyl adjacent to an activating group) is 1. The zero-order chi connectivity index (χ0) is 12.8. The Kier molecular flexibility index (Phi) is 5.00. The normalized spacial score (nSPS) is 24.3. The van der Waals surface area contributed by atoms with Crippen LogP contribution in [0.3, 0.4) is 0 Å². The Labute approximate surface area is 110 Å². The molecule has 0 unspecified atom stereocenters. The highest BCUT2D eigenvalue weighted by molar-refractivity contribution is 5.15. The summed E-state index contributed by atoms with van der Waals surface area (Å²) in [7, 11) is 2.24. The highest BCUT2D eigenvalue weighted by Crippen LogP contribution is 2.26. The maximum Gasteiger partial charge on any atom is 0.137 e. The van der Waals surface area contributed by atoms with Crippen LogP contribution in [0.5, 0.6) is 5.75 Å². The lowest BCUT2D eigenvalue weighted by Gasteiger charge is -2.25. The van der Waals surface area contributed by atoms with Crippen molar-refractivity contribution in [1.82, 2.24) is 9.88 Å². The number of ether oxygens (including phenoxy) is 1. The SMILES string of the molecule is CCCC[C@H]1CC[C@@H](COc2cccnc2)N1C. The Hall–Kier alpha value is -1.09. The van der Waals surface area contributed by atoms with Gasteiger partial charge in [-0.15, -0.1) is 0 Å². The van der Waals surface area contributed by atoms with Crippen molar-refractivity contribution < 1.29 is 4.74 Å². The van der Waals surface area contributed by atoms with Gasteiger partial charge in [0.25, 0.3) is 0 Å². The molecule has 18 heavy (non-hydrogen) atoms. The summed E-state index contributed by atoms with van der Waals surface area (Å²) in [5, 5.41) is 0. The molecule has 1 aromatic rings. The van der Waals surface area contributed by atoms with Gasteiger partial charge >= 0.3 is 0 Å². The summed E-state index contributed by atoms with van der Waals surface area (Å²) >= 11 is 0. The number of hydrogen-bond acceptors (Lipinski definition) is 3. The first-order valence-electron chi connectivity index (χ1n) is 7.06. The van der Waals surface area contributed by atoms with E-state index in [-0.39, 0.29) is 0 Å². The number of pyridine rings is 1. The van der Waals surface area contributed by atoms with Crippen LogP contribution in [0.15, 0.2) is 24.5 Å². The molecule has 1 aromatic heterocycles. The van der Waals surface area contributed by atoms with Gasteiger partial charge in [-0.05, 0) is 38.4 Å². The Morgan fingerprint density at radius 1 is 1.39 bits per heavy atom. The van der Waals surface area contributed by atoms with Crippen molar-refractivity contribution in [1.29, 1.82) is 0 Å². The van der Waals surface area contributed by atoms with Crippen molar-refractivity contribution in [2.24, 2.45) is 0 Å². The average Bonchev–Trinajstić information content (AvgIpc) is 2.76. The number of hydrogen-bond donors (Lipinski definition) is 0. The molecule has 0 N–H and O–H groups in total. The van der Waals surface area contributed by atoms with E-state index < -0.39 is 0 Å². The third-order valence-electron chi connectivity index (χ3n) is 3.95. The molecule has 0 saturated carbocycles. The lowest BCUT2D eigenvalue weighted by molar-refractivity contribution is 0.163. The maximum absolute atomic E-state index is 5.81. The highest BCUT2D eigenvalue weighted by Gasteiger charge is 2.30. The van der Waals surface area contributed by atoms with Crippen LogP contribution in [-0.4, -0.2) is 35.6 Å². The fraction of sp³-hybridized carbons (Fsp3) is 0.667. The summed E-state index contributed by atoms with van der Waals surface area (Å²) in [6.07, 6.45) is 10.1.